The summed E-state index contributed by atoms with van der Waals surface area (Å²) in [6.07, 6.45) is 8.14. The maximum atomic E-state index is 13.0. The summed E-state index contributed by atoms with van der Waals surface area (Å²) in [5.41, 5.74) is 2.77. The fourth-order valence-corrected chi connectivity index (χ4v) is 3.76. The second-order valence-electron chi connectivity index (χ2n) is 6.89. The quantitative estimate of drug-likeness (QED) is 0.808. The normalized spacial score (nSPS) is 16.9. The summed E-state index contributed by atoms with van der Waals surface area (Å²) in [6, 6.07) is 10.0. The molecule has 2 aliphatic rings. The lowest BCUT2D eigenvalue weighted by molar-refractivity contribution is 0.0730. The predicted molar refractivity (Wildman–Crippen MR) is 100 cm³/mol. The smallest absolute Gasteiger partial charge is 0.254 e. The molecule has 5 heteroatoms. The Morgan fingerprint density at radius 3 is 2.68 bits per heavy atom. The highest BCUT2D eigenvalue weighted by Gasteiger charge is 2.33. The van der Waals surface area contributed by atoms with Crippen molar-refractivity contribution in [3.63, 3.8) is 0 Å². The Morgan fingerprint density at radius 2 is 2.04 bits per heavy atom. The third-order valence-electron chi connectivity index (χ3n) is 4.97. The van der Waals surface area contributed by atoms with E-state index in [1.165, 1.54) is 12.8 Å². The van der Waals surface area contributed by atoms with E-state index in [4.69, 9.17) is 11.6 Å². The molecule has 0 radical (unpaired) electrons. The standard InChI is InChI=1S/C20H22ClN3O/c21-18-12-16(5-8-19(18)23-10-1-2-11-23)20(25)24(17-6-7-17)14-15-4-3-9-22-13-15/h3-5,8-9,12-13,17H,1-2,6-7,10-11,14H2. The molecule has 0 unspecified atom stereocenters. The number of aromatic nitrogens is 1. The van der Waals surface area contributed by atoms with Gasteiger partial charge in [0.2, 0.25) is 0 Å². The fourth-order valence-electron chi connectivity index (χ4n) is 3.46. The van der Waals surface area contributed by atoms with Crippen molar-refractivity contribution in [2.75, 3.05) is 18.0 Å². The number of halogens is 1. The average molecular weight is 356 g/mol. The lowest BCUT2D eigenvalue weighted by atomic mass is 10.1. The number of benzene rings is 1. The first-order chi connectivity index (χ1) is 12.2. The first-order valence-electron chi connectivity index (χ1n) is 8.97. The van der Waals surface area contributed by atoms with Gasteiger partial charge in [-0.05, 0) is 55.5 Å². The van der Waals surface area contributed by atoms with E-state index in [9.17, 15) is 4.79 Å². The van der Waals surface area contributed by atoms with Gasteiger partial charge < -0.3 is 9.80 Å². The van der Waals surface area contributed by atoms with E-state index in [0.29, 0.717) is 23.2 Å². The molecule has 1 saturated carbocycles. The van der Waals surface area contributed by atoms with E-state index < -0.39 is 0 Å². The molecule has 0 N–H and O–H groups in total. The van der Waals surface area contributed by atoms with Crippen LogP contribution in [0.3, 0.4) is 0 Å². The number of nitrogens with zero attached hydrogens (tertiary/aromatic N) is 3. The summed E-state index contributed by atoms with van der Waals surface area (Å²) in [7, 11) is 0. The SMILES string of the molecule is O=C(c1ccc(N2CCCC2)c(Cl)c1)N(Cc1cccnc1)C1CC1. The Balaban J connectivity index is 1.54. The lowest BCUT2D eigenvalue weighted by Gasteiger charge is -2.24. The van der Waals surface area contributed by atoms with E-state index in [1.807, 2.05) is 41.4 Å². The average Bonchev–Trinajstić information content (AvgIpc) is 3.34. The molecule has 2 heterocycles. The summed E-state index contributed by atoms with van der Waals surface area (Å²) in [4.78, 5) is 21.5. The molecule has 1 aliphatic heterocycles. The minimum atomic E-state index is 0.0567. The van der Waals surface area contributed by atoms with Gasteiger partial charge >= 0.3 is 0 Å². The third kappa shape index (κ3) is 3.64. The first-order valence-corrected chi connectivity index (χ1v) is 9.34. The largest absolute Gasteiger partial charge is 0.370 e. The molecule has 1 amide bonds. The summed E-state index contributed by atoms with van der Waals surface area (Å²) < 4.78 is 0. The number of carbonyl (C=O) groups is 1. The fraction of sp³-hybridized carbons (Fsp3) is 0.400. The van der Waals surface area contributed by atoms with Crippen molar-refractivity contribution in [1.29, 1.82) is 0 Å². The van der Waals surface area contributed by atoms with Crippen LogP contribution in [0.5, 0.6) is 0 Å². The number of carbonyl (C=O) groups excluding carboxylic acids is 1. The van der Waals surface area contributed by atoms with Gasteiger partial charge in [0.1, 0.15) is 0 Å². The van der Waals surface area contributed by atoms with Crippen molar-refractivity contribution in [3.05, 3.63) is 58.9 Å². The molecule has 1 saturated heterocycles. The predicted octanol–water partition coefficient (Wildman–Crippen LogP) is 4.14. The van der Waals surface area contributed by atoms with Crippen LogP contribution < -0.4 is 4.90 Å². The third-order valence-corrected chi connectivity index (χ3v) is 5.27. The van der Waals surface area contributed by atoms with Crippen LogP contribution in [-0.4, -0.2) is 34.9 Å². The van der Waals surface area contributed by atoms with Crippen LogP contribution in [0.1, 0.15) is 41.6 Å². The van der Waals surface area contributed by atoms with Gasteiger partial charge in [-0.3, -0.25) is 9.78 Å². The van der Waals surface area contributed by atoms with Gasteiger partial charge in [-0.2, -0.15) is 0 Å². The molecule has 0 spiro atoms. The molecule has 2 aromatic rings. The van der Waals surface area contributed by atoms with Gasteiger partial charge in [0.25, 0.3) is 5.91 Å². The molecule has 0 bridgehead atoms. The Labute approximate surface area is 153 Å². The van der Waals surface area contributed by atoms with Gasteiger partial charge in [0.05, 0.1) is 10.7 Å². The van der Waals surface area contributed by atoms with Crippen molar-refractivity contribution in [2.45, 2.75) is 38.3 Å². The highest BCUT2D eigenvalue weighted by molar-refractivity contribution is 6.33. The zero-order valence-electron chi connectivity index (χ0n) is 14.2. The summed E-state index contributed by atoms with van der Waals surface area (Å²) >= 11 is 6.49. The van der Waals surface area contributed by atoms with Crippen LogP contribution in [0.15, 0.2) is 42.7 Å². The minimum absolute atomic E-state index is 0.0567. The first kappa shape index (κ1) is 16.4. The second-order valence-corrected chi connectivity index (χ2v) is 7.29. The highest BCUT2D eigenvalue weighted by Crippen LogP contribution is 2.33. The van der Waals surface area contributed by atoms with Crippen LogP contribution in [0.25, 0.3) is 0 Å². The molecule has 0 atom stereocenters. The molecular formula is C20H22ClN3O. The number of hydrogen-bond acceptors (Lipinski definition) is 3. The van der Waals surface area contributed by atoms with E-state index in [1.54, 1.807) is 6.20 Å². The number of anilines is 1. The molecule has 2 fully saturated rings. The summed E-state index contributed by atoms with van der Waals surface area (Å²) in [5.74, 6) is 0.0567. The molecule has 25 heavy (non-hydrogen) atoms. The van der Waals surface area contributed by atoms with Gasteiger partial charge in [-0.25, -0.2) is 0 Å². The molecule has 1 aromatic heterocycles. The maximum absolute atomic E-state index is 13.0. The molecule has 4 nitrogen and oxygen atoms in total. The van der Waals surface area contributed by atoms with Crippen LogP contribution in [0.2, 0.25) is 5.02 Å². The monoisotopic (exact) mass is 355 g/mol. The Hall–Kier alpha value is -2.07. The maximum Gasteiger partial charge on any atom is 0.254 e. The molecule has 130 valence electrons. The van der Waals surface area contributed by atoms with E-state index in [2.05, 4.69) is 9.88 Å². The lowest BCUT2D eigenvalue weighted by Crippen LogP contribution is -2.32. The number of rotatable bonds is 5. The van der Waals surface area contributed by atoms with Crippen LogP contribution in [0, 0.1) is 0 Å². The molecule has 1 aromatic carbocycles. The number of hydrogen-bond donors (Lipinski definition) is 0. The van der Waals surface area contributed by atoms with Crippen molar-refractivity contribution < 1.29 is 4.79 Å². The Kier molecular flexibility index (Phi) is 4.62. The topological polar surface area (TPSA) is 36.4 Å². The summed E-state index contributed by atoms with van der Waals surface area (Å²) in [5, 5.41) is 0.671. The number of amides is 1. The van der Waals surface area contributed by atoms with Crippen molar-refractivity contribution in [2.24, 2.45) is 0 Å². The molecular weight excluding hydrogens is 334 g/mol. The second kappa shape index (κ2) is 7.04. The van der Waals surface area contributed by atoms with E-state index >= 15 is 0 Å². The van der Waals surface area contributed by atoms with Gasteiger partial charge in [0, 0.05) is 43.6 Å². The Morgan fingerprint density at radius 1 is 1.24 bits per heavy atom. The van der Waals surface area contributed by atoms with E-state index in [-0.39, 0.29) is 5.91 Å². The minimum Gasteiger partial charge on any atom is -0.370 e. The number of pyridine rings is 1. The zero-order chi connectivity index (χ0) is 17.2. The summed E-state index contributed by atoms with van der Waals surface area (Å²) in [6.45, 7) is 2.69. The van der Waals surface area contributed by atoms with Crippen LogP contribution in [-0.2, 0) is 6.54 Å². The van der Waals surface area contributed by atoms with Gasteiger partial charge in [-0.15, -0.1) is 0 Å². The molecule has 4 rings (SSSR count). The van der Waals surface area contributed by atoms with Crippen LogP contribution >= 0.6 is 11.6 Å². The van der Waals surface area contributed by atoms with Crippen LogP contribution in [0.4, 0.5) is 5.69 Å². The van der Waals surface area contributed by atoms with E-state index in [0.717, 1.165) is 37.2 Å². The Bertz CT molecular complexity index is 755. The van der Waals surface area contributed by atoms with Gasteiger partial charge in [0.15, 0.2) is 0 Å². The van der Waals surface area contributed by atoms with Crippen molar-refractivity contribution in [1.82, 2.24) is 9.88 Å². The van der Waals surface area contributed by atoms with Crippen molar-refractivity contribution >= 4 is 23.2 Å². The molecule has 1 aliphatic carbocycles. The van der Waals surface area contributed by atoms with Gasteiger partial charge in [-0.1, -0.05) is 17.7 Å². The zero-order valence-corrected chi connectivity index (χ0v) is 15.0. The highest BCUT2D eigenvalue weighted by atomic mass is 35.5. The van der Waals surface area contributed by atoms with Crippen molar-refractivity contribution in [3.8, 4) is 0 Å².